The Morgan fingerprint density at radius 2 is 1.76 bits per heavy atom. The maximum atomic E-state index is 6.36. The van der Waals surface area contributed by atoms with Gasteiger partial charge in [0.1, 0.15) is 11.3 Å². The number of fused-ring (bicyclic) bond motifs is 1. The lowest BCUT2D eigenvalue weighted by Crippen LogP contribution is -2.12. The van der Waals surface area contributed by atoms with Crippen LogP contribution in [0.5, 0.6) is 0 Å². The predicted molar refractivity (Wildman–Crippen MR) is 85.3 cm³/mol. The van der Waals surface area contributed by atoms with Crippen LogP contribution >= 0.6 is 0 Å². The minimum atomic E-state index is -0.201. The number of para-hydroxylation sites is 1. The van der Waals surface area contributed by atoms with Gasteiger partial charge in [-0.3, -0.25) is 0 Å². The summed E-state index contributed by atoms with van der Waals surface area (Å²) >= 11 is 0. The van der Waals surface area contributed by atoms with Gasteiger partial charge in [-0.2, -0.15) is 0 Å². The Hall–Kier alpha value is -2.06. The van der Waals surface area contributed by atoms with E-state index in [0.29, 0.717) is 0 Å². The van der Waals surface area contributed by atoms with Crippen LogP contribution in [0.1, 0.15) is 48.1 Å². The van der Waals surface area contributed by atoms with Crippen molar-refractivity contribution >= 4 is 11.0 Å². The normalized spacial score (nSPS) is 16.8. The van der Waals surface area contributed by atoms with Crippen LogP contribution in [0.25, 0.3) is 11.0 Å². The molecule has 1 fully saturated rings. The third kappa shape index (κ3) is 2.26. The van der Waals surface area contributed by atoms with Crippen LogP contribution in [0.3, 0.4) is 0 Å². The second-order valence-electron chi connectivity index (χ2n) is 5.96. The quantitative estimate of drug-likeness (QED) is 0.750. The van der Waals surface area contributed by atoms with Crippen LogP contribution in [-0.2, 0) is 0 Å². The molecule has 1 saturated carbocycles. The largest absolute Gasteiger partial charge is 0.459 e. The van der Waals surface area contributed by atoms with Gasteiger partial charge in [0, 0.05) is 5.39 Å². The number of hydrogen-bond donors (Lipinski definition) is 1. The summed E-state index contributed by atoms with van der Waals surface area (Å²) in [4.78, 5) is 0. The molecule has 0 amide bonds. The zero-order valence-electron chi connectivity index (χ0n) is 12.0. The minimum Gasteiger partial charge on any atom is -0.459 e. The summed E-state index contributed by atoms with van der Waals surface area (Å²) in [5.74, 6) is 1.59. The molecule has 0 aliphatic heterocycles. The van der Waals surface area contributed by atoms with E-state index in [1.54, 1.807) is 0 Å². The molecule has 21 heavy (non-hydrogen) atoms. The topological polar surface area (TPSA) is 39.2 Å². The second kappa shape index (κ2) is 5.05. The van der Waals surface area contributed by atoms with Crippen LogP contribution in [0.2, 0.25) is 0 Å². The average Bonchev–Trinajstić information content (AvgIpc) is 2.89. The van der Waals surface area contributed by atoms with E-state index in [-0.39, 0.29) is 6.04 Å². The van der Waals surface area contributed by atoms with E-state index >= 15 is 0 Å². The number of rotatable bonds is 3. The Bertz CT molecular complexity index is 720. The SMILES string of the molecule is NC(c1ccc(C2CCC2)cc1)c1cc2ccccc2o1. The van der Waals surface area contributed by atoms with Crippen molar-refractivity contribution < 1.29 is 4.42 Å². The summed E-state index contributed by atoms with van der Waals surface area (Å²) < 4.78 is 5.87. The third-order valence-corrected chi connectivity index (χ3v) is 4.62. The fourth-order valence-electron chi connectivity index (χ4n) is 3.04. The third-order valence-electron chi connectivity index (χ3n) is 4.62. The van der Waals surface area contributed by atoms with E-state index in [9.17, 15) is 0 Å². The fourth-order valence-corrected chi connectivity index (χ4v) is 3.04. The molecule has 4 rings (SSSR count). The highest BCUT2D eigenvalue weighted by atomic mass is 16.3. The Morgan fingerprint density at radius 3 is 2.43 bits per heavy atom. The van der Waals surface area contributed by atoms with Gasteiger partial charge in [-0.05, 0) is 42.0 Å². The summed E-state index contributed by atoms with van der Waals surface area (Å²) in [5.41, 5.74) is 9.81. The molecule has 2 nitrogen and oxygen atoms in total. The highest BCUT2D eigenvalue weighted by molar-refractivity contribution is 5.77. The van der Waals surface area contributed by atoms with Crippen molar-refractivity contribution in [3.05, 3.63) is 71.5 Å². The summed E-state index contributed by atoms with van der Waals surface area (Å²) in [7, 11) is 0. The Labute approximate surface area is 124 Å². The van der Waals surface area contributed by atoms with Crippen molar-refractivity contribution in [1.82, 2.24) is 0 Å². The lowest BCUT2D eigenvalue weighted by atomic mass is 9.80. The van der Waals surface area contributed by atoms with E-state index in [2.05, 4.69) is 30.3 Å². The van der Waals surface area contributed by atoms with Crippen molar-refractivity contribution in [3.63, 3.8) is 0 Å². The molecule has 0 saturated heterocycles. The van der Waals surface area contributed by atoms with E-state index in [1.807, 2.05) is 24.3 Å². The molecule has 2 aromatic carbocycles. The highest BCUT2D eigenvalue weighted by Crippen LogP contribution is 2.36. The van der Waals surface area contributed by atoms with Crippen LogP contribution in [-0.4, -0.2) is 0 Å². The first-order valence-corrected chi connectivity index (χ1v) is 7.65. The summed E-state index contributed by atoms with van der Waals surface area (Å²) in [6.45, 7) is 0. The van der Waals surface area contributed by atoms with Gasteiger partial charge in [-0.1, -0.05) is 48.9 Å². The molecule has 0 bridgehead atoms. The summed E-state index contributed by atoms with van der Waals surface area (Å²) in [5, 5.41) is 1.11. The van der Waals surface area contributed by atoms with E-state index < -0.39 is 0 Å². The molecule has 2 N–H and O–H groups in total. The molecule has 3 aromatic rings. The lowest BCUT2D eigenvalue weighted by Gasteiger charge is -2.26. The number of nitrogens with two attached hydrogens (primary N) is 1. The molecular weight excluding hydrogens is 258 g/mol. The van der Waals surface area contributed by atoms with Gasteiger partial charge in [0.2, 0.25) is 0 Å². The molecule has 1 aliphatic carbocycles. The van der Waals surface area contributed by atoms with Gasteiger partial charge < -0.3 is 10.2 Å². The molecule has 1 heterocycles. The van der Waals surface area contributed by atoms with Gasteiger partial charge in [0.25, 0.3) is 0 Å². The van der Waals surface area contributed by atoms with Crippen molar-refractivity contribution in [2.45, 2.75) is 31.2 Å². The maximum absolute atomic E-state index is 6.36. The second-order valence-corrected chi connectivity index (χ2v) is 5.96. The summed E-state index contributed by atoms with van der Waals surface area (Å²) in [6, 6.07) is 18.6. The zero-order chi connectivity index (χ0) is 14.2. The van der Waals surface area contributed by atoms with Gasteiger partial charge in [-0.25, -0.2) is 0 Å². The smallest absolute Gasteiger partial charge is 0.134 e. The molecular formula is C19H19NO. The Morgan fingerprint density at radius 1 is 1.00 bits per heavy atom. The monoisotopic (exact) mass is 277 g/mol. The molecule has 1 aromatic heterocycles. The molecule has 1 aliphatic rings. The fraction of sp³-hybridized carbons (Fsp3) is 0.263. The van der Waals surface area contributed by atoms with Gasteiger partial charge in [-0.15, -0.1) is 0 Å². The molecule has 1 unspecified atom stereocenters. The zero-order valence-corrected chi connectivity index (χ0v) is 12.0. The average molecular weight is 277 g/mol. The van der Waals surface area contributed by atoms with E-state index in [1.165, 1.54) is 24.8 Å². The number of benzene rings is 2. The highest BCUT2D eigenvalue weighted by Gasteiger charge is 2.20. The lowest BCUT2D eigenvalue weighted by molar-refractivity contribution is 0.419. The molecule has 0 radical (unpaired) electrons. The van der Waals surface area contributed by atoms with Crippen molar-refractivity contribution in [1.29, 1.82) is 0 Å². The molecule has 0 spiro atoms. The van der Waals surface area contributed by atoms with Crippen molar-refractivity contribution in [2.24, 2.45) is 5.73 Å². The first-order chi connectivity index (χ1) is 10.3. The Kier molecular flexibility index (Phi) is 3.04. The number of furan rings is 1. The predicted octanol–water partition coefficient (Wildman–Crippen LogP) is 4.75. The van der Waals surface area contributed by atoms with Crippen molar-refractivity contribution in [3.8, 4) is 0 Å². The van der Waals surface area contributed by atoms with E-state index in [4.69, 9.17) is 10.2 Å². The Balaban J connectivity index is 1.62. The van der Waals surface area contributed by atoms with Crippen LogP contribution in [0, 0.1) is 0 Å². The number of hydrogen-bond acceptors (Lipinski definition) is 2. The summed E-state index contributed by atoms with van der Waals surface area (Å²) in [6.07, 6.45) is 4.02. The standard InChI is InChI=1S/C19H19NO/c20-19(18-12-16-4-1-2-7-17(16)21-18)15-10-8-14(9-11-15)13-5-3-6-13/h1-2,4,7-13,19H,3,5-6,20H2. The van der Waals surface area contributed by atoms with Gasteiger partial charge >= 0.3 is 0 Å². The van der Waals surface area contributed by atoms with Crippen molar-refractivity contribution in [2.75, 3.05) is 0 Å². The van der Waals surface area contributed by atoms with Crippen LogP contribution in [0.4, 0.5) is 0 Å². The first kappa shape index (κ1) is 12.7. The van der Waals surface area contributed by atoms with Gasteiger partial charge in [0.05, 0.1) is 6.04 Å². The first-order valence-electron chi connectivity index (χ1n) is 7.65. The van der Waals surface area contributed by atoms with E-state index in [0.717, 1.165) is 28.2 Å². The molecule has 106 valence electrons. The van der Waals surface area contributed by atoms with Crippen LogP contribution < -0.4 is 5.73 Å². The van der Waals surface area contributed by atoms with Crippen LogP contribution in [0.15, 0.2) is 59.0 Å². The maximum Gasteiger partial charge on any atom is 0.134 e. The molecule has 2 heteroatoms. The molecule has 1 atom stereocenters. The minimum absolute atomic E-state index is 0.201. The van der Waals surface area contributed by atoms with Gasteiger partial charge in [0.15, 0.2) is 0 Å².